The van der Waals surface area contributed by atoms with Crippen molar-refractivity contribution in [3.63, 3.8) is 0 Å². The number of nitrogens with two attached hydrogens (primary N) is 1. The molecule has 1 aliphatic carbocycles. The van der Waals surface area contributed by atoms with Crippen molar-refractivity contribution < 1.29 is 0 Å². The van der Waals surface area contributed by atoms with Crippen LogP contribution in [0.3, 0.4) is 0 Å². The lowest BCUT2D eigenvalue weighted by Gasteiger charge is -2.06. The van der Waals surface area contributed by atoms with Crippen molar-refractivity contribution in [2.45, 2.75) is 32.1 Å². The van der Waals surface area contributed by atoms with Crippen LogP contribution in [0.5, 0.6) is 0 Å². The van der Waals surface area contributed by atoms with Crippen LogP contribution < -0.4 is 5.73 Å². The third kappa shape index (κ3) is 1.88. The SMILES string of the molecule is Cc1ccc(-c2nc(C3(CN)CC3)sc2C)cc1. The molecular formula is C15H18N2S. The number of aryl methyl sites for hydroxylation is 2. The van der Waals surface area contributed by atoms with Crippen LogP contribution in [0.25, 0.3) is 11.3 Å². The van der Waals surface area contributed by atoms with Crippen molar-refractivity contribution in [3.05, 3.63) is 39.7 Å². The van der Waals surface area contributed by atoms with Crippen molar-refractivity contribution >= 4 is 11.3 Å². The maximum atomic E-state index is 5.89. The molecule has 0 unspecified atom stereocenters. The topological polar surface area (TPSA) is 38.9 Å². The number of rotatable bonds is 3. The molecule has 1 aliphatic rings. The van der Waals surface area contributed by atoms with Gasteiger partial charge in [0.25, 0.3) is 0 Å². The first kappa shape index (κ1) is 11.9. The van der Waals surface area contributed by atoms with E-state index < -0.39 is 0 Å². The Kier molecular flexibility index (Phi) is 2.76. The highest BCUT2D eigenvalue weighted by molar-refractivity contribution is 7.12. The van der Waals surface area contributed by atoms with E-state index in [1.165, 1.54) is 33.9 Å². The summed E-state index contributed by atoms with van der Waals surface area (Å²) in [4.78, 5) is 6.15. The zero-order valence-corrected chi connectivity index (χ0v) is 11.7. The highest BCUT2D eigenvalue weighted by Gasteiger charge is 2.45. The smallest absolute Gasteiger partial charge is 0.101 e. The highest BCUT2D eigenvalue weighted by Crippen LogP contribution is 2.49. The van der Waals surface area contributed by atoms with Crippen molar-refractivity contribution in [1.82, 2.24) is 4.98 Å². The zero-order chi connectivity index (χ0) is 12.8. The van der Waals surface area contributed by atoms with Crippen LogP contribution in [-0.2, 0) is 5.41 Å². The largest absolute Gasteiger partial charge is 0.329 e. The van der Waals surface area contributed by atoms with Gasteiger partial charge in [-0.05, 0) is 26.7 Å². The second kappa shape index (κ2) is 4.18. The lowest BCUT2D eigenvalue weighted by molar-refractivity contribution is 0.698. The second-order valence-electron chi connectivity index (χ2n) is 5.27. The Balaban J connectivity index is 2.00. The summed E-state index contributed by atoms with van der Waals surface area (Å²) in [5.74, 6) is 0. The van der Waals surface area contributed by atoms with Gasteiger partial charge in [0.15, 0.2) is 0 Å². The summed E-state index contributed by atoms with van der Waals surface area (Å²) in [7, 11) is 0. The zero-order valence-electron chi connectivity index (χ0n) is 10.9. The lowest BCUT2D eigenvalue weighted by atomic mass is 10.1. The Hall–Kier alpha value is -1.19. The number of nitrogens with zero attached hydrogens (tertiary/aromatic N) is 1. The van der Waals surface area contributed by atoms with Crippen molar-refractivity contribution in [2.75, 3.05) is 6.54 Å². The van der Waals surface area contributed by atoms with Gasteiger partial charge in [-0.25, -0.2) is 4.98 Å². The van der Waals surface area contributed by atoms with Crippen LogP contribution in [0.4, 0.5) is 0 Å². The summed E-state index contributed by atoms with van der Waals surface area (Å²) in [6.45, 7) is 4.99. The summed E-state index contributed by atoms with van der Waals surface area (Å²) < 4.78 is 0. The van der Waals surface area contributed by atoms with Gasteiger partial charge in [-0.15, -0.1) is 11.3 Å². The molecule has 3 rings (SSSR count). The first-order chi connectivity index (χ1) is 8.64. The molecule has 3 heteroatoms. The van der Waals surface area contributed by atoms with Gasteiger partial charge >= 0.3 is 0 Å². The molecule has 0 saturated heterocycles. The van der Waals surface area contributed by atoms with E-state index in [-0.39, 0.29) is 5.41 Å². The monoisotopic (exact) mass is 258 g/mol. The quantitative estimate of drug-likeness (QED) is 0.916. The first-order valence-electron chi connectivity index (χ1n) is 6.40. The van der Waals surface area contributed by atoms with Gasteiger partial charge in [0.1, 0.15) is 5.01 Å². The molecule has 0 atom stereocenters. The fraction of sp³-hybridized carbons (Fsp3) is 0.400. The number of thiazole rings is 1. The van der Waals surface area contributed by atoms with Crippen LogP contribution in [0.2, 0.25) is 0 Å². The minimum Gasteiger partial charge on any atom is -0.329 e. The van der Waals surface area contributed by atoms with Crippen LogP contribution in [0.1, 0.15) is 28.3 Å². The molecule has 94 valence electrons. The molecule has 0 aliphatic heterocycles. The molecule has 2 nitrogen and oxygen atoms in total. The number of benzene rings is 1. The number of hydrogen-bond acceptors (Lipinski definition) is 3. The third-order valence-corrected chi connectivity index (χ3v) is 5.04. The fourth-order valence-electron chi connectivity index (χ4n) is 2.26. The van der Waals surface area contributed by atoms with E-state index in [4.69, 9.17) is 10.7 Å². The predicted octanol–water partition coefficient (Wildman–Crippen LogP) is 3.42. The predicted molar refractivity (Wildman–Crippen MR) is 77.0 cm³/mol. The summed E-state index contributed by atoms with van der Waals surface area (Å²) in [6, 6.07) is 8.60. The van der Waals surface area contributed by atoms with Gasteiger partial charge < -0.3 is 5.73 Å². The normalized spacial score (nSPS) is 16.8. The molecule has 0 amide bonds. The van der Waals surface area contributed by atoms with E-state index in [1.807, 2.05) is 11.3 Å². The van der Waals surface area contributed by atoms with E-state index in [0.29, 0.717) is 0 Å². The molecule has 1 aromatic carbocycles. The average Bonchev–Trinajstić information content (AvgIpc) is 3.08. The molecule has 2 N–H and O–H groups in total. The molecule has 1 fully saturated rings. The Bertz CT molecular complexity index is 565. The van der Waals surface area contributed by atoms with Gasteiger partial charge in [-0.1, -0.05) is 29.8 Å². The molecule has 1 aromatic heterocycles. The first-order valence-corrected chi connectivity index (χ1v) is 7.21. The minimum atomic E-state index is 0.207. The molecule has 0 spiro atoms. The minimum absolute atomic E-state index is 0.207. The van der Waals surface area contributed by atoms with E-state index >= 15 is 0 Å². The van der Waals surface area contributed by atoms with Gasteiger partial charge in [0, 0.05) is 22.4 Å². The lowest BCUT2D eigenvalue weighted by Crippen LogP contribution is -2.19. The van der Waals surface area contributed by atoms with Gasteiger partial charge in [0.05, 0.1) is 5.69 Å². The number of hydrogen-bond donors (Lipinski definition) is 1. The molecular weight excluding hydrogens is 240 g/mol. The van der Waals surface area contributed by atoms with Gasteiger partial charge in [-0.3, -0.25) is 0 Å². The Labute approximate surface area is 112 Å². The summed E-state index contributed by atoms with van der Waals surface area (Å²) in [5.41, 5.74) is 9.73. The average molecular weight is 258 g/mol. The fourth-order valence-corrected chi connectivity index (χ4v) is 3.45. The molecule has 1 saturated carbocycles. The van der Waals surface area contributed by atoms with Crippen molar-refractivity contribution in [3.8, 4) is 11.3 Å². The standard InChI is InChI=1S/C15H18N2S/c1-10-3-5-12(6-4-10)13-11(2)18-14(17-13)15(9-16)7-8-15/h3-6H,7-9,16H2,1-2H3. The Morgan fingerprint density at radius 2 is 1.89 bits per heavy atom. The van der Waals surface area contributed by atoms with E-state index in [0.717, 1.165) is 12.2 Å². The van der Waals surface area contributed by atoms with Crippen molar-refractivity contribution in [2.24, 2.45) is 5.73 Å². The van der Waals surface area contributed by atoms with E-state index in [9.17, 15) is 0 Å². The summed E-state index contributed by atoms with van der Waals surface area (Å²) in [5, 5.41) is 1.23. The highest BCUT2D eigenvalue weighted by atomic mass is 32.1. The van der Waals surface area contributed by atoms with Gasteiger partial charge in [0.2, 0.25) is 0 Å². The van der Waals surface area contributed by atoms with Crippen LogP contribution in [0.15, 0.2) is 24.3 Å². The van der Waals surface area contributed by atoms with Crippen LogP contribution in [0, 0.1) is 13.8 Å². The van der Waals surface area contributed by atoms with E-state index in [2.05, 4.69) is 38.1 Å². The van der Waals surface area contributed by atoms with Crippen LogP contribution in [-0.4, -0.2) is 11.5 Å². The van der Waals surface area contributed by atoms with Crippen molar-refractivity contribution in [1.29, 1.82) is 0 Å². The number of aromatic nitrogens is 1. The molecule has 2 aromatic rings. The van der Waals surface area contributed by atoms with E-state index in [1.54, 1.807) is 0 Å². The Morgan fingerprint density at radius 1 is 1.22 bits per heavy atom. The second-order valence-corrected chi connectivity index (χ2v) is 6.48. The Morgan fingerprint density at radius 3 is 2.44 bits per heavy atom. The third-order valence-electron chi connectivity index (χ3n) is 3.82. The molecule has 1 heterocycles. The maximum absolute atomic E-state index is 5.89. The maximum Gasteiger partial charge on any atom is 0.101 e. The van der Waals surface area contributed by atoms with Gasteiger partial charge in [-0.2, -0.15) is 0 Å². The molecule has 18 heavy (non-hydrogen) atoms. The molecule has 0 radical (unpaired) electrons. The molecule has 0 bridgehead atoms. The van der Waals surface area contributed by atoms with Crippen LogP contribution >= 0.6 is 11.3 Å². The summed E-state index contributed by atoms with van der Waals surface area (Å²) >= 11 is 1.82. The summed E-state index contributed by atoms with van der Waals surface area (Å²) in [6.07, 6.45) is 2.40.